The first kappa shape index (κ1) is 23.8. The minimum Gasteiger partial charge on any atom is -0.480 e. The number of carboxylic acid groups (broad SMARTS) is 1. The van der Waals surface area contributed by atoms with Gasteiger partial charge in [0.1, 0.15) is 6.61 Å². The topological polar surface area (TPSA) is 114 Å². The Hall–Kier alpha value is -3.39. The normalized spacial score (nSPS) is 16.5. The molecule has 180 valence electrons. The van der Waals surface area contributed by atoms with Crippen LogP contribution < -0.4 is 10.6 Å². The molecule has 34 heavy (non-hydrogen) atoms. The molecular weight excluding hydrogens is 436 g/mol. The Bertz CT molecular complexity index is 1020. The molecule has 2 aromatic carbocycles. The molecule has 2 amide bonds. The molecule has 4 rings (SSSR count). The third-order valence-corrected chi connectivity index (χ3v) is 6.87. The van der Waals surface area contributed by atoms with Crippen molar-refractivity contribution in [3.63, 3.8) is 0 Å². The van der Waals surface area contributed by atoms with E-state index in [0.717, 1.165) is 30.4 Å². The van der Waals surface area contributed by atoms with Gasteiger partial charge in [-0.25, -0.2) is 9.59 Å². The maximum atomic E-state index is 12.5. The van der Waals surface area contributed by atoms with Gasteiger partial charge in [-0.05, 0) is 40.5 Å². The number of amides is 2. The minimum absolute atomic E-state index is 0.0182. The molecule has 2 aliphatic rings. The van der Waals surface area contributed by atoms with Crippen LogP contribution in [0.25, 0.3) is 11.1 Å². The smallest absolute Gasteiger partial charge is 0.407 e. The fraction of sp³-hybridized carbons (Fsp3) is 0.423. The number of aliphatic carboxylic acids is 1. The van der Waals surface area contributed by atoms with Crippen LogP contribution >= 0.6 is 0 Å². The van der Waals surface area contributed by atoms with Gasteiger partial charge in [-0.2, -0.15) is 0 Å². The van der Waals surface area contributed by atoms with Crippen molar-refractivity contribution in [1.29, 1.82) is 0 Å². The summed E-state index contributed by atoms with van der Waals surface area (Å²) in [6, 6.07) is 15.2. The summed E-state index contributed by atoms with van der Waals surface area (Å²) in [7, 11) is 1.38. The van der Waals surface area contributed by atoms with Crippen LogP contribution in [-0.2, 0) is 19.1 Å². The molecule has 0 heterocycles. The SMILES string of the molecule is COC[C@H](NC(=O)CC1(CNC(=O)OCC2c3ccccc3-c3ccccc32)CCC1)C(=O)O. The van der Waals surface area contributed by atoms with E-state index in [9.17, 15) is 19.5 Å². The Morgan fingerprint density at radius 1 is 1.06 bits per heavy atom. The quantitative estimate of drug-likeness (QED) is 0.495. The number of rotatable bonds is 10. The summed E-state index contributed by atoms with van der Waals surface area (Å²) in [5.74, 6) is -1.52. The van der Waals surface area contributed by atoms with Gasteiger partial charge in [0.2, 0.25) is 5.91 Å². The summed E-state index contributed by atoms with van der Waals surface area (Å²) in [6.45, 7) is 0.426. The highest BCUT2D eigenvalue weighted by Gasteiger charge is 2.40. The first-order valence-corrected chi connectivity index (χ1v) is 11.5. The maximum absolute atomic E-state index is 12.5. The van der Waals surface area contributed by atoms with Crippen LogP contribution in [0.2, 0.25) is 0 Å². The maximum Gasteiger partial charge on any atom is 0.407 e. The number of ether oxygens (including phenoxy) is 2. The van der Waals surface area contributed by atoms with E-state index in [4.69, 9.17) is 9.47 Å². The van der Waals surface area contributed by atoms with Crippen LogP contribution in [0.5, 0.6) is 0 Å². The van der Waals surface area contributed by atoms with Gasteiger partial charge in [0.25, 0.3) is 0 Å². The predicted molar refractivity (Wildman–Crippen MR) is 125 cm³/mol. The second kappa shape index (κ2) is 10.3. The summed E-state index contributed by atoms with van der Waals surface area (Å²) >= 11 is 0. The average molecular weight is 467 g/mol. The molecule has 0 unspecified atom stereocenters. The molecule has 1 atom stereocenters. The van der Waals surface area contributed by atoms with Gasteiger partial charge in [-0.3, -0.25) is 4.79 Å². The number of methoxy groups -OCH3 is 1. The molecule has 0 saturated heterocycles. The molecule has 8 heteroatoms. The Balaban J connectivity index is 1.31. The highest BCUT2D eigenvalue weighted by molar-refractivity contribution is 5.84. The third kappa shape index (κ3) is 5.07. The van der Waals surface area contributed by atoms with Crippen molar-refractivity contribution < 1.29 is 29.0 Å². The molecule has 0 spiro atoms. The molecule has 0 aromatic heterocycles. The van der Waals surface area contributed by atoms with E-state index >= 15 is 0 Å². The largest absolute Gasteiger partial charge is 0.480 e. The number of benzene rings is 2. The van der Waals surface area contributed by atoms with Gasteiger partial charge in [-0.1, -0.05) is 55.0 Å². The monoisotopic (exact) mass is 466 g/mol. The van der Waals surface area contributed by atoms with Crippen LogP contribution in [0.3, 0.4) is 0 Å². The number of carboxylic acids is 1. The lowest BCUT2D eigenvalue weighted by Crippen LogP contribution is -2.49. The Morgan fingerprint density at radius 3 is 2.21 bits per heavy atom. The van der Waals surface area contributed by atoms with Gasteiger partial charge in [0.15, 0.2) is 6.04 Å². The van der Waals surface area contributed by atoms with E-state index in [0.29, 0.717) is 6.54 Å². The summed E-state index contributed by atoms with van der Waals surface area (Å²) < 4.78 is 10.5. The number of carbonyl (C=O) groups excluding carboxylic acids is 2. The fourth-order valence-electron chi connectivity index (χ4n) is 4.93. The summed E-state index contributed by atoms with van der Waals surface area (Å²) in [6.07, 6.45) is 2.15. The molecule has 8 nitrogen and oxygen atoms in total. The van der Waals surface area contributed by atoms with E-state index < -0.39 is 18.1 Å². The lowest BCUT2D eigenvalue weighted by Gasteiger charge is -2.41. The molecule has 3 N–H and O–H groups in total. The predicted octanol–water partition coefficient (Wildman–Crippen LogP) is 3.30. The summed E-state index contributed by atoms with van der Waals surface area (Å²) in [4.78, 5) is 36.2. The molecule has 2 aliphatic carbocycles. The lowest BCUT2D eigenvalue weighted by atomic mass is 9.66. The fourth-order valence-corrected chi connectivity index (χ4v) is 4.93. The number of hydrogen-bond donors (Lipinski definition) is 3. The van der Waals surface area contributed by atoms with Crippen LogP contribution in [0, 0.1) is 5.41 Å². The number of hydrogen-bond acceptors (Lipinski definition) is 5. The van der Waals surface area contributed by atoms with E-state index in [-0.39, 0.29) is 36.9 Å². The van der Waals surface area contributed by atoms with Gasteiger partial charge in [-0.15, -0.1) is 0 Å². The van der Waals surface area contributed by atoms with Crippen LogP contribution in [-0.4, -0.2) is 56.0 Å². The standard InChI is InChI=1S/C26H30N2O6/c1-33-15-22(24(30)31)28-23(29)13-26(11-6-12-26)16-27-25(32)34-14-21-19-9-4-2-7-17(19)18-8-3-5-10-20(18)21/h2-5,7-10,21-22H,6,11-16H2,1H3,(H,27,32)(H,28,29)(H,30,31)/t22-/m0/s1. The second-order valence-electron chi connectivity index (χ2n) is 9.12. The van der Waals surface area contributed by atoms with Crippen molar-refractivity contribution in [3.8, 4) is 11.1 Å². The highest BCUT2D eigenvalue weighted by Crippen LogP contribution is 2.45. The van der Waals surface area contributed by atoms with E-state index in [1.165, 1.54) is 18.2 Å². The van der Waals surface area contributed by atoms with Crippen molar-refractivity contribution >= 4 is 18.0 Å². The van der Waals surface area contributed by atoms with Crippen LogP contribution in [0.4, 0.5) is 4.79 Å². The first-order valence-electron chi connectivity index (χ1n) is 11.5. The Morgan fingerprint density at radius 2 is 1.68 bits per heavy atom. The molecule has 0 aliphatic heterocycles. The van der Waals surface area contributed by atoms with Crippen molar-refractivity contribution in [3.05, 3.63) is 59.7 Å². The van der Waals surface area contributed by atoms with Gasteiger partial charge in [0.05, 0.1) is 6.61 Å². The Kier molecular flexibility index (Phi) is 7.17. The zero-order valence-corrected chi connectivity index (χ0v) is 19.2. The number of fused-ring (bicyclic) bond motifs is 3. The highest BCUT2D eigenvalue weighted by atomic mass is 16.5. The molecule has 0 bridgehead atoms. The van der Waals surface area contributed by atoms with Crippen molar-refractivity contribution in [2.75, 3.05) is 26.9 Å². The second-order valence-corrected chi connectivity index (χ2v) is 9.12. The van der Waals surface area contributed by atoms with Crippen molar-refractivity contribution in [1.82, 2.24) is 10.6 Å². The Labute approximate surface area is 198 Å². The van der Waals surface area contributed by atoms with Crippen LogP contribution in [0.15, 0.2) is 48.5 Å². The molecule has 1 saturated carbocycles. The van der Waals surface area contributed by atoms with E-state index in [2.05, 4.69) is 34.9 Å². The zero-order valence-electron chi connectivity index (χ0n) is 19.2. The minimum atomic E-state index is -1.14. The van der Waals surface area contributed by atoms with Crippen molar-refractivity contribution in [2.24, 2.45) is 5.41 Å². The molecule has 1 fully saturated rings. The number of alkyl carbamates (subject to hydrolysis) is 1. The van der Waals surface area contributed by atoms with Crippen LogP contribution in [0.1, 0.15) is 42.7 Å². The van der Waals surface area contributed by atoms with Gasteiger partial charge in [0, 0.05) is 26.0 Å². The van der Waals surface area contributed by atoms with Gasteiger partial charge < -0.3 is 25.2 Å². The van der Waals surface area contributed by atoms with E-state index in [1.54, 1.807) is 0 Å². The number of carbonyl (C=O) groups is 3. The number of nitrogens with one attached hydrogen (secondary N) is 2. The summed E-state index contributed by atoms with van der Waals surface area (Å²) in [5, 5.41) is 14.5. The first-order chi connectivity index (χ1) is 16.4. The summed E-state index contributed by atoms with van der Waals surface area (Å²) in [5.41, 5.74) is 4.24. The van der Waals surface area contributed by atoms with Gasteiger partial charge >= 0.3 is 12.1 Å². The van der Waals surface area contributed by atoms with E-state index in [1.807, 2.05) is 24.3 Å². The van der Waals surface area contributed by atoms with Crippen molar-refractivity contribution in [2.45, 2.75) is 37.6 Å². The lowest BCUT2D eigenvalue weighted by molar-refractivity contribution is -0.144. The average Bonchev–Trinajstić information content (AvgIpc) is 3.12. The molecular formula is C26H30N2O6. The zero-order chi connectivity index (χ0) is 24.1. The molecule has 2 aromatic rings. The third-order valence-electron chi connectivity index (χ3n) is 6.87. The molecule has 0 radical (unpaired) electrons.